The van der Waals surface area contributed by atoms with Crippen LogP contribution in [0.5, 0.6) is 11.5 Å². The van der Waals surface area contributed by atoms with Gasteiger partial charge >= 0.3 is 0 Å². The summed E-state index contributed by atoms with van der Waals surface area (Å²) < 4.78 is 10.8. The lowest BCUT2D eigenvalue weighted by atomic mass is 10.1. The number of ether oxygens (including phenoxy) is 2. The van der Waals surface area contributed by atoms with Gasteiger partial charge in [-0.25, -0.2) is 0 Å². The van der Waals surface area contributed by atoms with Crippen molar-refractivity contribution in [2.45, 2.75) is 0 Å². The fourth-order valence-corrected chi connectivity index (χ4v) is 2.69. The Hall–Kier alpha value is -3.38. The molecule has 9 heteroatoms. The Kier molecular flexibility index (Phi) is 4.86. The van der Waals surface area contributed by atoms with Gasteiger partial charge in [0.15, 0.2) is 11.5 Å². The van der Waals surface area contributed by atoms with Crippen LogP contribution in [-0.4, -0.2) is 17.6 Å². The molecule has 1 aliphatic rings. The number of anilines is 1. The number of hydrogen-bond donors (Lipinski definition) is 1. The SMILES string of the molecule is N#C/C(=C/c1ccc2c(c1)OCO2)C(=O)Nc1ccc([N+](=O)[O-])cc1Br. The molecule has 1 N–H and O–H groups in total. The van der Waals surface area contributed by atoms with Crippen LogP contribution in [0, 0.1) is 21.4 Å². The molecule has 1 amide bonds. The van der Waals surface area contributed by atoms with Crippen molar-refractivity contribution in [3.8, 4) is 17.6 Å². The van der Waals surface area contributed by atoms with Crippen LogP contribution in [0.15, 0.2) is 46.4 Å². The molecule has 8 nitrogen and oxygen atoms in total. The van der Waals surface area contributed by atoms with Crippen molar-refractivity contribution in [1.82, 2.24) is 0 Å². The van der Waals surface area contributed by atoms with E-state index < -0.39 is 10.8 Å². The molecular formula is C17H10BrN3O5. The quantitative estimate of drug-likeness (QED) is 0.352. The van der Waals surface area contributed by atoms with Crippen molar-refractivity contribution in [1.29, 1.82) is 5.26 Å². The summed E-state index contributed by atoms with van der Waals surface area (Å²) in [6, 6.07) is 10.8. The number of halogens is 1. The summed E-state index contributed by atoms with van der Waals surface area (Å²) in [4.78, 5) is 22.5. The first-order valence-electron chi connectivity index (χ1n) is 7.24. The number of carbonyl (C=O) groups is 1. The highest BCUT2D eigenvalue weighted by Gasteiger charge is 2.16. The number of fused-ring (bicyclic) bond motifs is 1. The lowest BCUT2D eigenvalue weighted by Gasteiger charge is -2.07. The number of amides is 1. The molecule has 0 saturated heterocycles. The zero-order valence-corrected chi connectivity index (χ0v) is 14.6. The van der Waals surface area contributed by atoms with Gasteiger partial charge in [0.2, 0.25) is 6.79 Å². The first kappa shape index (κ1) is 17.4. The fourth-order valence-electron chi connectivity index (χ4n) is 2.23. The van der Waals surface area contributed by atoms with Crippen LogP contribution in [0.4, 0.5) is 11.4 Å². The van der Waals surface area contributed by atoms with Gasteiger partial charge in [0, 0.05) is 16.6 Å². The molecule has 0 unspecified atom stereocenters. The molecule has 0 bridgehead atoms. The minimum Gasteiger partial charge on any atom is -0.454 e. The summed E-state index contributed by atoms with van der Waals surface area (Å²) in [5.74, 6) is 0.495. The molecule has 26 heavy (non-hydrogen) atoms. The Morgan fingerprint density at radius 2 is 2.04 bits per heavy atom. The van der Waals surface area contributed by atoms with Crippen molar-refractivity contribution in [2.24, 2.45) is 0 Å². The molecule has 0 radical (unpaired) electrons. The zero-order chi connectivity index (χ0) is 18.7. The second-order valence-electron chi connectivity index (χ2n) is 5.16. The maximum atomic E-state index is 12.3. The minimum atomic E-state index is -0.639. The van der Waals surface area contributed by atoms with Crippen molar-refractivity contribution in [3.63, 3.8) is 0 Å². The van der Waals surface area contributed by atoms with Crippen LogP contribution in [0.2, 0.25) is 0 Å². The van der Waals surface area contributed by atoms with Gasteiger partial charge in [-0.2, -0.15) is 5.26 Å². The van der Waals surface area contributed by atoms with E-state index in [-0.39, 0.29) is 18.1 Å². The van der Waals surface area contributed by atoms with E-state index in [9.17, 15) is 20.2 Å². The van der Waals surface area contributed by atoms with E-state index >= 15 is 0 Å². The van der Waals surface area contributed by atoms with Crippen molar-refractivity contribution in [2.75, 3.05) is 12.1 Å². The third kappa shape index (κ3) is 3.65. The minimum absolute atomic E-state index is 0.119. The molecule has 0 spiro atoms. The smallest absolute Gasteiger partial charge is 0.270 e. The third-order valence-electron chi connectivity index (χ3n) is 3.48. The van der Waals surface area contributed by atoms with E-state index in [0.29, 0.717) is 27.2 Å². The van der Waals surface area contributed by atoms with Crippen LogP contribution >= 0.6 is 15.9 Å². The van der Waals surface area contributed by atoms with Crippen LogP contribution in [-0.2, 0) is 4.79 Å². The normalized spacial score (nSPS) is 12.4. The Labute approximate surface area is 155 Å². The number of benzene rings is 2. The van der Waals surface area contributed by atoms with Gasteiger partial charge in [-0.1, -0.05) is 6.07 Å². The average molecular weight is 416 g/mol. The zero-order valence-electron chi connectivity index (χ0n) is 13.1. The Morgan fingerprint density at radius 3 is 2.73 bits per heavy atom. The van der Waals surface area contributed by atoms with Gasteiger partial charge < -0.3 is 14.8 Å². The number of carbonyl (C=O) groups excluding carboxylic acids is 1. The molecule has 0 aliphatic carbocycles. The van der Waals surface area contributed by atoms with E-state index in [0.717, 1.165) is 0 Å². The molecule has 1 aliphatic heterocycles. The monoisotopic (exact) mass is 415 g/mol. The maximum Gasteiger partial charge on any atom is 0.270 e. The Bertz CT molecular complexity index is 981. The molecule has 3 rings (SSSR count). The molecule has 0 saturated carbocycles. The molecular weight excluding hydrogens is 406 g/mol. The Morgan fingerprint density at radius 1 is 1.27 bits per heavy atom. The molecule has 1 heterocycles. The van der Waals surface area contributed by atoms with E-state index in [1.165, 1.54) is 24.3 Å². The van der Waals surface area contributed by atoms with Crippen LogP contribution in [0.1, 0.15) is 5.56 Å². The standard InChI is InChI=1S/C17H10BrN3O5/c18-13-7-12(21(23)24)2-3-14(13)20-17(22)11(8-19)5-10-1-4-15-16(6-10)26-9-25-15/h1-7H,9H2,(H,20,22)/b11-5-. The predicted molar refractivity (Wildman–Crippen MR) is 95.6 cm³/mol. The molecule has 2 aromatic carbocycles. The van der Waals surface area contributed by atoms with Gasteiger partial charge in [-0.15, -0.1) is 0 Å². The number of nitriles is 1. The van der Waals surface area contributed by atoms with Gasteiger partial charge in [-0.3, -0.25) is 14.9 Å². The van der Waals surface area contributed by atoms with Crippen LogP contribution < -0.4 is 14.8 Å². The fraction of sp³-hybridized carbons (Fsp3) is 0.0588. The molecule has 0 aromatic heterocycles. The second kappa shape index (κ2) is 7.25. The summed E-state index contributed by atoms with van der Waals surface area (Å²) in [5, 5.41) is 22.6. The lowest BCUT2D eigenvalue weighted by Crippen LogP contribution is -2.13. The van der Waals surface area contributed by atoms with E-state index in [2.05, 4.69) is 21.2 Å². The summed E-state index contributed by atoms with van der Waals surface area (Å²) in [6.07, 6.45) is 1.41. The van der Waals surface area contributed by atoms with E-state index in [4.69, 9.17) is 9.47 Å². The highest BCUT2D eigenvalue weighted by Crippen LogP contribution is 2.33. The molecule has 2 aromatic rings. The van der Waals surface area contributed by atoms with Crippen molar-refractivity contribution < 1.29 is 19.2 Å². The number of nitrogens with zero attached hydrogens (tertiary/aromatic N) is 2. The maximum absolute atomic E-state index is 12.3. The van der Waals surface area contributed by atoms with Gasteiger partial charge in [-0.05, 0) is 45.8 Å². The molecule has 0 atom stereocenters. The average Bonchev–Trinajstić information content (AvgIpc) is 3.08. The third-order valence-corrected chi connectivity index (χ3v) is 4.14. The number of nitrogens with one attached hydrogen (secondary N) is 1. The van der Waals surface area contributed by atoms with Gasteiger partial charge in [0.25, 0.3) is 11.6 Å². The number of nitro groups is 1. The lowest BCUT2D eigenvalue weighted by molar-refractivity contribution is -0.384. The second-order valence-corrected chi connectivity index (χ2v) is 6.01. The first-order valence-corrected chi connectivity index (χ1v) is 8.04. The van der Waals surface area contributed by atoms with Crippen LogP contribution in [0.25, 0.3) is 6.08 Å². The summed E-state index contributed by atoms with van der Waals surface area (Å²) in [5.41, 5.74) is 0.663. The number of nitro benzene ring substituents is 1. The van der Waals surface area contributed by atoms with Gasteiger partial charge in [0.05, 0.1) is 10.6 Å². The summed E-state index contributed by atoms with van der Waals surface area (Å²) >= 11 is 3.16. The van der Waals surface area contributed by atoms with E-state index in [1.54, 1.807) is 18.2 Å². The topological polar surface area (TPSA) is 114 Å². The van der Waals surface area contributed by atoms with Crippen molar-refractivity contribution >= 4 is 39.3 Å². The molecule has 130 valence electrons. The highest BCUT2D eigenvalue weighted by molar-refractivity contribution is 9.10. The Balaban J connectivity index is 1.81. The van der Waals surface area contributed by atoms with Crippen molar-refractivity contribution in [3.05, 3.63) is 62.1 Å². The first-order chi connectivity index (χ1) is 12.5. The predicted octanol–water partition coefficient (Wildman–Crippen LogP) is 3.63. The number of non-ortho nitro benzene ring substituents is 1. The highest BCUT2D eigenvalue weighted by atomic mass is 79.9. The van der Waals surface area contributed by atoms with E-state index in [1.807, 2.05) is 6.07 Å². The van der Waals surface area contributed by atoms with Crippen LogP contribution in [0.3, 0.4) is 0 Å². The number of hydrogen-bond acceptors (Lipinski definition) is 6. The summed E-state index contributed by atoms with van der Waals surface area (Å²) in [6.45, 7) is 0.127. The largest absolute Gasteiger partial charge is 0.454 e. The summed E-state index contributed by atoms with van der Waals surface area (Å²) in [7, 11) is 0. The number of rotatable bonds is 4. The molecule has 0 fully saturated rings. The van der Waals surface area contributed by atoms with Gasteiger partial charge in [0.1, 0.15) is 11.6 Å².